The van der Waals surface area contributed by atoms with Crippen LogP contribution >= 0.6 is 0 Å². The standard InChI is InChI=1S/C36H33N9O9S2.Na/c1-20-15-26(39-36(47)23-5-7-24(37)8-6-23)11-14-28(20)41-44-32-16-21(2)29(18-34(32)54-4)42-45-33-17-30(38-22(3)46)31(19-35(33)56(51,52)53)43-40-25-9-12-27(13-10-25)55(48,49)50;/h5-19H,37H2,1-4H3,(H,38,46)(H,39,47)(H,48,49,50)(H,51,52,53);/q;+1. The van der Waals surface area contributed by atoms with Gasteiger partial charge in [0.2, 0.25) is 5.91 Å². The first-order valence-electron chi connectivity index (χ1n) is 16.1. The number of hydrogen-bond donors (Lipinski definition) is 5. The molecule has 57 heavy (non-hydrogen) atoms. The number of ether oxygens (including phenoxy) is 1. The van der Waals surface area contributed by atoms with Crippen molar-refractivity contribution in [1.82, 2.24) is 0 Å². The third-order valence-corrected chi connectivity index (χ3v) is 9.48. The number of amides is 2. The smallest absolute Gasteiger partial charge is 0.494 e. The van der Waals surface area contributed by atoms with Crippen molar-refractivity contribution in [3.05, 3.63) is 108 Å². The fraction of sp³-hybridized carbons (Fsp3) is 0.111. The zero-order chi connectivity index (χ0) is 40.8. The van der Waals surface area contributed by atoms with Gasteiger partial charge in [-0.05, 0) is 110 Å². The molecule has 0 aliphatic carbocycles. The molecule has 2 amide bonds. The second kappa shape index (κ2) is 18.5. The predicted molar refractivity (Wildman–Crippen MR) is 207 cm³/mol. The van der Waals surface area contributed by atoms with Crippen molar-refractivity contribution in [2.75, 3.05) is 23.5 Å². The van der Waals surface area contributed by atoms with E-state index in [1.807, 2.05) is 0 Å². The van der Waals surface area contributed by atoms with Crippen LogP contribution in [0.3, 0.4) is 0 Å². The molecular formula is C36H33N9NaO9S2+. The molecule has 0 heterocycles. The van der Waals surface area contributed by atoms with Gasteiger partial charge in [-0.25, -0.2) is 0 Å². The number of aryl methyl sites for hydroxylation is 2. The van der Waals surface area contributed by atoms with E-state index in [1.165, 1.54) is 32.2 Å². The predicted octanol–water partition coefficient (Wildman–Crippen LogP) is 5.85. The molecule has 0 fully saturated rings. The quantitative estimate of drug-likeness (QED) is 0.0433. The molecule has 6 N–H and O–H groups in total. The van der Waals surface area contributed by atoms with Gasteiger partial charge in [0, 0.05) is 29.9 Å². The molecule has 0 spiro atoms. The number of nitrogens with two attached hydrogens (primary N) is 1. The van der Waals surface area contributed by atoms with Crippen molar-refractivity contribution in [2.45, 2.75) is 30.6 Å². The number of nitrogen functional groups attached to an aromatic ring is 1. The average Bonchev–Trinajstić information content (AvgIpc) is 3.13. The van der Waals surface area contributed by atoms with Crippen LogP contribution in [0.1, 0.15) is 28.4 Å². The van der Waals surface area contributed by atoms with E-state index in [4.69, 9.17) is 10.5 Å². The van der Waals surface area contributed by atoms with Crippen LogP contribution in [0.2, 0.25) is 0 Å². The van der Waals surface area contributed by atoms with Crippen LogP contribution in [-0.4, -0.2) is 44.9 Å². The minimum absolute atomic E-state index is 0. The summed E-state index contributed by atoms with van der Waals surface area (Å²) in [6, 6.07) is 21.4. The summed E-state index contributed by atoms with van der Waals surface area (Å²) in [4.78, 5) is 23.5. The number of benzene rings is 5. The zero-order valence-electron chi connectivity index (χ0n) is 31.0. The Morgan fingerprint density at radius 1 is 0.649 bits per heavy atom. The summed E-state index contributed by atoms with van der Waals surface area (Å²) in [7, 11) is -7.99. The van der Waals surface area contributed by atoms with Crippen LogP contribution in [0.15, 0.2) is 131 Å². The van der Waals surface area contributed by atoms with Gasteiger partial charge < -0.3 is 21.1 Å². The molecule has 288 valence electrons. The minimum atomic E-state index is -4.94. The summed E-state index contributed by atoms with van der Waals surface area (Å²) >= 11 is 0. The maximum atomic E-state index is 12.6. The monoisotopic (exact) mass is 822 g/mol. The molecule has 0 unspecified atom stereocenters. The van der Waals surface area contributed by atoms with E-state index in [0.717, 1.165) is 29.8 Å². The number of nitrogens with one attached hydrogen (secondary N) is 2. The molecule has 5 rings (SSSR count). The number of rotatable bonds is 12. The molecule has 0 atom stereocenters. The van der Waals surface area contributed by atoms with Crippen LogP contribution in [0.5, 0.6) is 5.75 Å². The van der Waals surface area contributed by atoms with Gasteiger partial charge in [-0.1, -0.05) is 0 Å². The van der Waals surface area contributed by atoms with E-state index >= 15 is 0 Å². The van der Waals surface area contributed by atoms with Gasteiger partial charge in [-0.2, -0.15) is 32.2 Å². The Morgan fingerprint density at radius 2 is 1.25 bits per heavy atom. The van der Waals surface area contributed by atoms with Gasteiger partial charge in [-0.3, -0.25) is 18.7 Å². The van der Waals surface area contributed by atoms with Crippen molar-refractivity contribution in [3.8, 4) is 5.75 Å². The van der Waals surface area contributed by atoms with Crippen molar-refractivity contribution < 1.29 is 69.8 Å². The zero-order valence-corrected chi connectivity index (χ0v) is 34.6. The van der Waals surface area contributed by atoms with Crippen LogP contribution < -0.4 is 50.7 Å². The fourth-order valence-corrected chi connectivity index (χ4v) is 6.03. The first-order chi connectivity index (χ1) is 26.4. The third kappa shape index (κ3) is 11.6. The Labute approximate surface area is 349 Å². The summed E-state index contributed by atoms with van der Waals surface area (Å²) in [5, 5.41) is 30.2. The topological polar surface area (TPSA) is 276 Å². The molecule has 0 radical (unpaired) electrons. The molecule has 0 aliphatic rings. The normalized spacial score (nSPS) is 11.8. The van der Waals surface area contributed by atoms with Crippen LogP contribution in [-0.2, 0) is 25.0 Å². The first kappa shape index (κ1) is 44.0. The Kier molecular flexibility index (Phi) is 14.3. The fourth-order valence-electron chi connectivity index (χ4n) is 4.92. The van der Waals surface area contributed by atoms with Gasteiger partial charge >= 0.3 is 29.6 Å². The first-order valence-corrected chi connectivity index (χ1v) is 19.0. The number of anilines is 3. The van der Waals surface area contributed by atoms with E-state index in [9.17, 15) is 35.5 Å². The van der Waals surface area contributed by atoms with Crippen LogP contribution in [0.25, 0.3) is 0 Å². The third-order valence-electron chi connectivity index (χ3n) is 7.73. The summed E-state index contributed by atoms with van der Waals surface area (Å²) < 4.78 is 72.4. The van der Waals surface area contributed by atoms with Crippen molar-refractivity contribution in [1.29, 1.82) is 0 Å². The molecule has 0 aromatic heterocycles. The van der Waals surface area contributed by atoms with Gasteiger partial charge in [-0.15, -0.1) is 15.3 Å². The van der Waals surface area contributed by atoms with Gasteiger partial charge in [0.15, 0.2) is 0 Å². The van der Waals surface area contributed by atoms with Crippen molar-refractivity contribution >= 4 is 83.2 Å². The molecular weight excluding hydrogens is 790 g/mol. The van der Waals surface area contributed by atoms with E-state index < -0.39 is 31.0 Å². The molecule has 0 bridgehead atoms. The molecule has 0 saturated carbocycles. The van der Waals surface area contributed by atoms with E-state index in [1.54, 1.807) is 62.4 Å². The maximum absolute atomic E-state index is 12.6. The minimum Gasteiger partial charge on any atom is -0.494 e. The summed E-state index contributed by atoms with van der Waals surface area (Å²) in [6.45, 7) is 4.69. The van der Waals surface area contributed by atoms with Gasteiger partial charge in [0.05, 0.1) is 34.8 Å². The van der Waals surface area contributed by atoms with Gasteiger partial charge in [0.25, 0.3) is 26.1 Å². The number of nitrogens with zero attached hydrogens (tertiary/aromatic N) is 6. The average molecular weight is 823 g/mol. The van der Waals surface area contributed by atoms with E-state index in [-0.39, 0.29) is 74.5 Å². The Bertz CT molecular complexity index is 2660. The SMILES string of the molecule is COc1cc(N=Nc2cc(NC(C)=O)c(N=Nc3ccc(S(=O)(=O)O)cc3)cc2S(=O)(=O)O)c(C)cc1N=Nc1ccc(NC(=O)c2ccc(N)cc2)cc1C.[Na+]. The van der Waals surface area contributed by atoms with Crippen molar-refractivity contribution in [3.63, 3.8) is 0 Å². The molecule has 18 nitrogen and oxygen atoms in total. The largest absolute Gasteiger partial charge is 1.00 e. The molecule has 0 saturated heterocycles. The summed E-state index contributed by atoms with van der Waals surface area (Å²) in [5.74, 6) is -0.615. The Hall–Kier alpha value is -5.74. The second-order valence-corrected chi connectivity index (χ2v) is 14.8. The number of azo groups is 3. The maximum Gasteiger partial charge on any atom is 1.00 e. The summed E-state index contributed by atoms with van der Waals surface area (Å²) in [6.07, 6.45) is 0. The van der Waals surface area contributed by atoms with Gasteiger partial charge in [0.1, 0.15) is 27.7 Å². The van der Waals surface area contributed by atoms with Crippen LogP contribution in [0.4, 0.5) is 51.2 Å². The number of methoxy groups -OCH3 is 1. The molecule has 5 aromatic rings. The van der Waals surface area contributed by atoms with E-state index in [2.05, 4.69) is 41.3 Å². The van der Waals surface area contributed by atoms with Crippen LogP contribution in [0, 0.1) is 13.8 Å². The number of hydrogen-bond acceptors (Lipinski definition) is 14. The Morgan fingerprint density at radius 3 is 1.84 bits per heavy atom. The number of carbonyl (C=O) groups is 2. The van der Waals surface area contributed by atoms with E-state index in [0.29, 0.717) is 33.9 Å². The summed E-state index contributed by atoms with van der Waals surface area (Å²) in [5.41, 5.74) is 9.08. The van der Waals surface area contributed by atoms with Crippen molar-refractivity contribution in [2.24, 2.45) is 30.7 Å². The second-order valence-electron chi connectivity index (χ2n) is 12.0. The number of carbonyl (C=O) groups excluding carboxylic acids is 2. The molecule has 0 aliphatic heterocycles. The molecule has 21 heteroatoms. The molecule has 5 aromatic carbocycles. The Balaban J connectivity index is 0.00000720.